The number of nitrogens with zero attached hydrogens (tertiary/aromatic N) is 5. The van der Waals surface area contributed by atoms with Crippen LogP contribution in [0.15, 0.2) is 17.4 Å². The molecule has 24 heavy (non-hydrogen) atoms. The third-order valence-electron chi connectivity index (χ3n) is 4.65. The molecule has 2 heterocycles. The number of carbonyl (C=O) groups excluding carboxylic acids is 1. The molecular weight excluding hydrogens is 419 g/mol. The fourth-order valence-electron chi connectivity index (χ4n) is 2.93. The molecule has 1 N–H and O–H groups in total. The van der Waals surface area contributed by atoms with Crippen LogP contribution < -0.4 is 10.2 Å². The summed E-state index contributed by atoms with van der Waals surface area (Å²) in [5.41, 5.74) is 1.19. The monoisotopic (exact) mass is 446 g/mol. The van der Waals surface area contributed by atoms with E-state index in [1.54, 1.807) is 15.8 Å². The molecule has 1 aliphatic carbocycles. The van der Waals surface area contributed by atoms with Crippen molar-refractivity contribution in [3.63, 3.8) is 0 Å². The number of hydrogen-bond donors (Lipinski definition) is 1. The Hall–Kier alpha value is -1.32. The standard InChI is InChI=1S/C16H26N6O.HI/c1-5-17-15(19-13-8-16(13,2)3)21-6-7-22(14(23)11-21)12-9-18-20(4)10-12;/h9-10,13H,5-8,11H2,1-4H3,(H,17,19);1H. The number of carbonyl (C=O) groups is 1. The number of amides is 1. The Morgan fingerprint density at radius 3 is 2.67 bits per heavy atom. The van der Waals surface area contributed by atoms with Crippen molar-refractivity contribution in [2.45, 2.75) is 33.2 Å². The number of rotatable bonds is 3. The highest BCUT2D eigenvalue weighted by Gasteiger charge is 2.46. The van der Waals surface area contributed by atoms with Crippen LogP contribution >= 0.6 is 24.0 Å². The number of anilines is 1. The topological polar surface area (TPSA) is 65.8 Å². The molecule has 1 atom stereocenters. The van der Waals surface area contributed by atoms with Gasteiger partial charge in [-0.2, -0.15) is 5.10 Å². The van der Waals surface area contributed by atoms with Crippen molar-refractivity contribution in [1.82, 2.24) is 20.0 Å². The maximum atomic E-state index is 12.5. The highest BCUT2D eigenvalue weighted by molar-refractivity contribution is 14.0. The summed E-state index contributed by atoms with van der Waals surface area (Å²) in [6.07, 6.45) is 4.76. The molecule has 1 unspecified atom stereocenters. The minimum Gasteiger partial charge on any atom is -0.353 e. The van der Waals surface area contributed by atoms with Gasteiger partial charge in [-0.25, -0.2) is 0 Å². The van der Waals surface area contributed by atoms with E-state index in [-0.39, 0.29) is 29.9 Å². The number of aromatic nitrogens is 2. The first kappa shape index (κ1) is 19.0. The molecule has 1 aromatic heterocycles. The lowest BCUT2D eigenvalue weighted by Crippen LogP contribution is -2.56. The predicted octanol–water partition coefficient (Wildman–Crippen LogP) is 1.45. The van der Waals surface area contributed by atoms with Crippen molar-refractivity contribution in [3.8, 4) is 0 Å². The number of aliphatic imine (C=N–C) groups is 1. The Labute approximate surface area is 160 Å². The number of nitrogens with one attached hydrogen (secondary N) is 1. The van der Waals surface area contributed by atoms with Crippen molar-refractivity contribution in [3.05, 3.63) is 12.4 Å². The number of aryl methyl sites for hydroxylation is 1. The summed E-state index contributed by atoms with van der Waals surface area (Å²) in [4.78, 5) is 21.0. The normalized spacial score (nSPS) is 23.1. The Kier molecular flexibility index (Phi) is 5.77. The summed E-state index contributed by atoms with van der Waals surface area (Å²) in [5, 5.41) is 7.67. The molecule has 1 amide bonds. The van der Waals surface area contributed by atoms with Crippen LogP contribution in [-0.4, -0.2) is 58.8 Å². The molecule has 0 aromatic carbocycles. The Balaban J connectivity index is 0.00000208. The molecule has 1 saturated heterocycles. The average Bonchev–Trinajstić information content (AvgIpc) is 2.88. The second-order valence-electron chi connectivity index (χ2n) is 7.03. The SMILES string of the molecule is CCN=C(NC1CC1(C)C)N1CCN(c2cnn(C)c2)C(=O)C1.I. The van der Waals surface area contributed by atoms with Gasteiger partial charge < -0.3 is 15.1 Å². The lowest BCUT2D eigenvalue weighted by molar-refractivity contribution is -0.120. The lowest BCUT2D eigenvalue weighted by atomic mass is 10.2. The molecule has 1 aromatic rings. The van der Waals surface area contributed by atoms with Gasteiger partial charge in [-0.3, -0.25) is 14.5 Å². The van der Waals surface area contributed by atoms with Gasteiger partial charge in [-0.05, 0) is 18.8 Å². The van der Waals surface area contributed by atoms with Crippen LogP contribution in [0, 0.1) is 5.41 Å². The van der Waals surface area contributed by atoms with E-state index < -0.39 is 0 Å². The maximum absolute atomic E-state index is 12.5. The number of halogens is 1. The van der Waals surface area contributed by atoms with Gasteiger partial charge in [0.25, 0.3) is 0 Å². The van der Waals surface area contributed by atoms with Crippen LogP contribution in [0.25, 0.3) is 0 Å². The summed E-state index contributed by atoms with van der Waals surface area (Å²) in [6.45, 7) is 9.02. The van der Waals surface area contributed by atoms with Crippen molar-refractivity contribution < 1.29 is 4.79 Å². The van der Waals surface area contributed by atoms with Crippen LogP contribution in [0.1, 0.15) is 27.2 Å². The summed E-state index contributed by atoms with van der Waals surface area (Å²) in [5.74, 6) is 0.951. The fraction of sp³-hybridized carbons (Fsp3) is 0.688. The van der Waals surface area contributed by atoms with Crippen molar-refractivity contribution in [1.29, 1.82) is 0 Å². The Morgan fingerprint density at radius 2 is 2.17 bits per heavy atom. The highest BCUT2D eigenvalue weighted by atomic mass is 127. The van der Waals surface area contributed by atoms with Crippen LogP contribution in [0.2, 0.25) is 0 Å². The number of guanidine groups is 1. The molecule has 8 heteroatoms. The zero-order chi connectivity index (χ0) is 16.6. The van der Waals surface area contributed by atoms with Gasteiger partial charge in [0.1, 0.15) is 6.54 Å². The molecule has 1 aliphatic heterocycles. The number of hydrogen-bond acceptors (Lipinski definition) is 3. The van der Waals surface area contributed by atoms with E-state index >= 15 is 0 Å². The van der Waals surface area contributed by atoms with Gasteiger partial charge >= 0.3 is 0 Å². The van der Waals surface area contributed by atoms with Gasteiger partial charge in [-0.15, -0.1) is 24.0 Å². The van der Waals surface area contributed by atoms with E-state index in [0.717, 1.165) is 24.6 Å². The third kappa shape index (κ3) is 4.01. The summed E-state index contributed by atoms with van der Waals surface area (Å²) in [6, 6.07) is 0.458. The molecule has 2 fully saturated rings. The second-order valence-corrected chi connectivity index (χ2v) is 7.03. The largest absolute Gasteiger partial charge is 0.353 e. The molecule has 0 spiro atoms. The highest BCUT2D eigenvalue weighted by Crippen LogP contribution is 2.44. The second kappa shape index (κ2) is 7.28. The first-order chi connectivity index (χ1) is 10.9. The first-order valence-corrected chi connectivity index (χ1v) is 8.25. The third-order valence-corrected chi connectivity index (χ3v) is 4.65. The number of piperazine rings is 1. The Bertz CT molecular complexity index is 626. The van der Waals surface area contributed by atoms with E-state index in [9.17, 15) is 4.79 Å². The smallest absolute Gasteiger partial charge is 0.246 e. The van der Waals surface area contributed by atoms with Crippen LogP contribution in [0.4, 0.5) is 5.69 Å². The molecular formula is C16H27IN6O. The van der Waals surface area contributed by atoms with Gasteiger partial charge in [0, 0.05) is 38.9 Å². The van der Waals surface area contributed by atoms with Crippen molar-refractivity contribution in [2.24, 2.45) is 17.5 Å². The quantitative estimate of drug-likeness (QED) is 0.434. The average molecular weight is 446 g/mol. The molecule has 2 aliphatic rings. The predicted molar refractivity (Wildman–Crippen MR) is 106 cm³/mol. The lowest BCUT2D eigenvalue weighted by Gasteiger charge is -2.35. The fourth-order valence-corrected chi connectivity index (χ4v) is 2.93. The van der Waals surface area contributed by atoms with Gasteiger partial charge in [0.05, 0.1) is 11.9 Å². The first-order valence-electron chi connectivity index (χ1n) is 8.25. The minimum absolute atomic E-state index is 0. The molecule has 0 radical (unpaired) electrons. The van der Waals surface area contributed by atoms with Crippen LogP contribution in [-0.2, 0) is 11.8 Å². The van der Waals surface area contributed by atoms with Gasteiger partial charge in [-0.1, -0.05) is 13.8 Å². The zero-order valence-electron chi connectivity index (χ0n) is 14.8. The van der Waals surface area contributed by atoms with Crippen molar-refractivity contribution in [2.75, 3.05) is 31.1 Å². The van der Waals surface area contributed by atoms with Gasteiger partial charge in [0.15, 0.2) is 5.96 Å². The zero-order valence-corrected chi connectivity index (χ0v) is 17.2. The van der Waals surface area contributed by atoms with Crippen LogP contribution in [0.5, 0.6) is 0 Å². The summed E-state index contributed by atoms with van der Waals surface area (Å²) in [7, 11) is 1.86. The van der Waals surface area contributed by atoms with E-state index in [1.807, 2.05) is 20.2 Å². The minimum atomic E-state index is 0. The van der Waals surface area contributed by atoms with E-state index in [4.69, 9.17) is 0 Å². The Morgan fingerprint density at radius 1 is 1.46 bits per heavy atom. The molecule has 3 rings (SSSR count). The van der Waals surface area contributed by atoms with E-state index in [1.165, 1.54) is 0 Å². The molecule has 1 saturated carbocycles. The van der Waals surface area contributed by atoms with Gasteiger partial charge in [0.2, 0.25) is 5.91 Å². The van der Waals surface area contributed by atoms with Crippen molar-refractivity contribution >= 4 is 41.5 Å². The molecule has 0 bridgehead atoms. The molecule has 134 valence electrons. The summed E-state index contributed by atoms with van der Waals surface area (Å²) >= 11 is 0. The van der Waals surface area contributed by atoms with E-state index in [2.05, 4.69) is 34.2 Å². The molecule has 7 nitrogen and oxygen atoms in total. The maximum Gasteiger partial charge on any atom is 0.246 e. The summed E-state index contributed by atoms with van der Waals surface area (Å²) < 4.78 is 1.72. The van der Waals surface area contributed by atoms with Crippen LogP contribution in [0.3, 0.4) is 0 Å². The van der Waals surface area contributed by atoms with E-state index in [0.29, 0.717) is 31.1 Å².